The molecule has 0 bridgehead atoms. The molecule has 3 rings (SSSR count). The van der Waals surface area contributed by atoms with Crippen molar-refractivity contribution in [1.82, 2.24) is 19.9 Å². The molecule has 1 amide bonds. The van der Waals surface area contributed by atoms with Crippen LogP contribution in [0.25, 0.3) is 0 Å². The number of carbonyl (C=O) groups is 1. The quantitative estimate of drug-likeness (QED) is 0.828. The summed E-state index contributed by atoms with van der Waals surface area (Å²) in [6, 6.07) is 0. The van der Waals surface area contributed by atoms with E-state index < -0.39 is 12.7 Å². The number of amides is 1. The van der Waals surface area contributed by atoms with Crippen molar-refractivity contribution in [3.63, 3.8) is 0 Å². The number of piperidine rings is 2. The second-order valence-corrected chi connectivity index (χ2v) is 6.97. The molecule has 1 atom stereocenters. The average Bonchev–Trinajstić information content (AvgIpc) is 2.99. The van der Waals surface area contributed by atoms with Crippen molar-refractivity contribution in [3.05, 3.63) is 11.7 Å². The van der Waals surface area contributed by atoms with E-state index in [2.05, 4.69) is 10.1 Å². The highest BCUT2D eigenvalue weighted by Crippen LogP contribution is 2.29. The van der Waals surface area contributed by atoms with Crippen LogP contribution in [0, 0.1) is 12.8 Å². The lowest BCUT2D eigenvalue weighted by Crippen LogP contribution is -2.48. The highest BCUT2D eigenvalue weighted by molar-refractivity contribution is 5.79. The van der Waals surface area contributed by atoms with E-state index in [1.54, 1.807) is 11.8 Å². The summed E-state index contributed by atoms with van der Waals surface area (Å²) in [5, 5.41) is 3.79. The smallest absolute Gasteiger partial charge is 0.342 e. The van der Waals surface area contributed by atoms with Crippen molar-refractivity contribution in [2.24, 2.45) is 5.92 Å². The van der Waals surface area contributed by atoms with Crippen LogP contribution in [-0.4, -0.2) is 64.7 Å². The molecule has 9 heteroatoms. The summed E-state index contributed by atoms with van der Waals surface area (Å²) in [5.41, 5.74) is 0. The van der Waals surface area contributed by atoms with Crippen LogP contribution < -0.4 is 0 Å². The van der Waals surface area contributed by atoms with E-state index in [4.69, 9.17) is 4.52 Å². The van der Waals surface area contributed by atoms with Crippen LogP contribution in [0.1, 0.15) is 43.3 Å². The Labute approximate surface area is 144 Å². The Hall–Kier alpha value is -1.64. The van der Waals surface area contributed by atoms with Gasteiger partial charge in [-0.25, -0.2) is 0 Å². The lowest BCUT2D eigenvalue weighted by atomic mass is 9.92. The molecule has 2 aliphatic rings. The summed E-state index contributed by atoms with van der Waals surface area (Å²) in [7, 11) is 0. The molecular weight excluding hydrogens is 337 g/mol. The van der Waals surface area contributed by atoms with E-state index in [1.165, 1.54) is 4.90 Å². The molecule has 0 radical (unpaired) electrons. The third-order valence-corrected chi connectivity index (χ3v) is 4.96. The normalized spacial score (nSPS) is 23.8. The van der Waals surface area contributed by atoms with Gasteiger partial charge in [0.2, 0.25) is 11.8 Å². The molecule has 25 heavy (non-hydrogen) atoms. The first-order valence-corrected chi connectivity index (χ1v) is 8.70. The number of rotatable bonds is 3. The standard InChI is InChI=1S/C16H23F3N4O2/c1-11-20-14(25-21-11)12-4-7-23(8-5-12)15(24)13-3-2-6-22(9-13)10-16(17,18)19/h12-13H,2-10H2,1H3. The second-order valence-electron chi connectivity index (χ2n) is 6.97. The summed E-state index contributed by atoms with van der Waals surface area (Å²) >= 11 is 0. The summed E-state index contributed by atoms with van der Waals surface area (Å²) < 4.78 is 42.9. The number of halogens is 3. The summed E-state index contributed by atoms with van der Waals surface area (Å²) in [6.45, 7) is 2.60. The molecule has 1 aromatic rings. The third kappa shape index (κ3) is 4.71. The third-order valence-electron chi connectivity index (χ3n) is 4.96. The molecule has 0 aliphatic carbocycles. The number of likely N-dealkylation sites (tertiary alicyclic amines) is 2. The molecule has 2 aliphatic heterocycles. The van der Waals surface area contributed by atoms with E-state index in [9.17, 15) is 18.0 Å². The number of hydrogen-bond donors (Lipinski definition) is 0. The minimum atomic E-state index is -4.22. The Morgan fingerprint density at radius 1 is 1.24 bits per heavy atom. The van der Waals surface area contributed by atoms with Gasteiger partial charge in [0.25, 0.3) is 0 Å². The first-order valence-electron chi connectivity index (χ1n) is 8.70. The maximum Gasteiger partial charge on any atom is 0.401 e. The molecule has 2 saturated heterocycles. The minimum Gasteiger partial charge on any atom is -0.342 e. The van der Waals surface area contributed by atoms with Crippen molar-refractivity contribution in [2.75, 3.05) is 32.7 Å². The number of alkyl halides is 3. The van der Waals surface area contributed by atoms with Gasteiger partial charge < -0.3 is 9.42 Å². The van der Waals surface area contributed by atoms with Crippen LogP contribution in [-0.2, 0) is 4.79 Å². The lowest BCUT2D eigenvalue weighted by molar-refractivity contribution is -0.155. The van der Waals surface area contributed by atoms with Gasteiger partial charge in [0, 0.05) is 25.6 Å². The molecule has 6 nitrogen and oxygen atoms in total. The van der Waals surface area contributed by atoms with Crippen molar-refractivity contribution >= 4 is 5.91 Å². The topological polar surface area (TPSA) is 62.5 Å². The molecule has 3 heterocycles. The largest absolute Gasteiger partial charge is 0.401 e. The van der Waals surface area contributed by atoms with E-state index in [0.717, 1.165) is 12.8 Å². The maximum atomic E-state index is 12.7. The Balaban J connectivity index is 1.52. The monoisotopic (exact) mass is 360 g/mol. The number of aryl methyl sites for hydroxylation is 1. The molecule has 0 aromatic carbocycles. The van der Waals surface area contributed by atoms with Gasteiger partial charge in [0.05, 0.1) is 12.5 Å². The van der Waals surface area contributed by atoms with Gasteiger partial charge in [-0.2, -0.15) is 18.2 Å². The Morgan fingerprint density at radius 3 is 2.56 bits per heavy atom. The van der Waals surface area contributed by atoms with Gasteiger partial charge in [-0.15, -0.1) is 0 Å². The summed E-state index contributed by atoms with van der Waals surface area (Å²) in [5.74, 6) is 1.00. The lowest BCUT2D eigenvalue weighted by Gasteiger charge is -2.37. The van der Waals surface area contributed by atoms with Gasteiger partial charge in [-0.1, -0.05) is 5.16 Å². The van der Waals surface area contributed by atoms with Crippen LogP contribution in [0.2, 0.25) is 0 Å². The predicted octanol–water partition coefficient (Wildman–Crippen LogP) is 2.36. The van der Waals surface area contributed by atoms with Crippen LogP contribution in [0.5, 0.6) is 0 Å². The van der Waals surface area contributed by atoms with Crippen LogP contribution in [0.3, 0.4) is 0 Å². The molecule has 1 aromatic heterocycles. The van der Waals surface area contributed by atoms with Gasteiger partial charge in [0.1, 0.15) is 0 Å². The average molecular weight is 360 g/mol. The van der Waals surface area contributed by atoms with Gasteiger partial charge in [-0.05, 0) is 39.2 Å². The fourth-order valence-electron chi connectivity index (χ4n) is 3.74. The number of nitrogens with zero attached hydrogens (tertiary/aromatic N) is 4. The van der Waals surface area contributed by atoms with Gasteiger partial charge >= 0.3 is 6.18 Å². The van der Waals surface area contributed by atoms with Crippen LogP contribution in [0.4, 0.5) is 13.2 Å². The van der Waals surface area contributed by atoms with Gasteiger partial charge in [0.15, 0.2) is 5.82 Å². The first-order chi connectivity index (χ1) is 11.8. The predicted molar refractivity (Wildman–Crippen MR) is 82.8 cm³/mol. The van der Waals surface area contributed by atoms with Crippen LogP contribution >= 0.6 is 0 Å². The van der Waals surface area contributed by atoms with E-state index in [-0.39, 0.29) is 24.3 Å². The number of hydrogen-bond acceptors (Lipinski definition) is 5. The number of aromatic nitrogens is 2. The molecule has 140 valence electrons. The van der Waals surface area contributed by atoms with Gasteiger partial charge in [-0.3, -0.25) is 9.69 Å². The van der Waals surface area contributed by atoms with E-state index in [1.807, 2.05) is 0 Å². The minimum absolute atomic E-state index is 0.0213. The molecule has 0 N–H and O–H groups in total. The highest BCUT2D eigenvalue weighted by Gasteiger charge is 2.36. The second kappa shape index (κ2) is 7.31. The fraction of sp³-hybridized carbons (Fsp3) is 0.812. The maximum absolute atomic E-state index is 12.7. The molecule has 0 spiro atoms. The zero-order chi connectivity index (χ0) is 18.0. The van der Waals surface area contributed by atoms with Crippen molar-refractivity contribution in [3.8, 4) is 0 Å². The Morgan fingerprint density at radius 2 is 1.96 bits per heavy atom. The van der Waals surface area contributed by atoms with Crippen molar-refractivity contribution in [2.45, 2.75) is 44.7 Å². The Bertz CT molecular complexity index is 596. The molecule has 2 fully saturated rings. The highest BCUT2D eigenvalue weighted by atomic mass is 19.4. The van der Waals surface area contributed by atoms with Crippen LogP contribution in [0.15, 0.2) is 4.52 Å². The molecule has 1 unspecified atom stereocenters. The first kappa shape index (κ1) is 18.2. The summed E-state index contributed by atoms with van der Waals surface area (Å²) in [4.78, 5) is 20.0. The SMILES string of the molecule is Cc1noc(C2CCN(C(=O)C3CCCN(CC(F)(F)F)C3)CC2)n1. The Kier molecular flexibility index (Phi) is 5.31. The molecule has 0 saturated carbocycles. The zero-order valence-corrected chi connectivity index (χ0v) is 14.3. The zero-order valence-electron chi connectivity index (χ0n) is 14.3. The number of carbonyl (C=O) groups excluding carboxylic acids is 1. The van der Waals surface area contributed by atoms with E-state index in [0.29, 0.717) is 44.2 Å². The van der Waals surface area contributed by atoms with Crippen molar-refractivity contribution in [1.29, 1.82) is 0 Å². The van der Waals surface area contributed by atoms with E-state index >= 15 is 0 Å². The van der Waals surface area contributed by atoms with Crippen molar-refractivity contribution < 1.29 is 22.5 Å². The molecular formula is C16H23F3N4O2. The fourth-order valence-corrected chi connectivity index (χ4v) is 3.74. The summed E-state index contributed by atoms with van der Waals surface area (Å²) in [6.07, 6.45) is -1.44.